The fourth-order valence-electron chi connectivity index (χ4n) is 3.08. The summed E-state index contributed by atoms with van der Waals surface area (Å²) >= 11 is 0. The number of pyridine rings is 2. The van der Waals surface area contributed by atoms with Crippen molar-refractivity contribution >= 4 is 22.8 Å². The molecule has 0 saturated carbocycles. The van der Waals surface area contributed by atoms with Crippen LogP contribution >= 0.6 is 0 Å². The highest BCUT2D eigenvalue weighted by Gasteiger charge is 2.39. The van der Waals surface area contributed by atoms with Crippen LogP contribution in [-0.4, -0.2) is 20.7 Å². The van der Waals surface area contributed by atoms with Crippen LogP contribution in [-0.2, 0) is 6.18 Å². The van der Waals surface area contributed by atoms with Gasteiger partial charge in [0.15, 0.2) is 5.69 Å². The van der Waals surface area contributed by atoms with E-state index in [1.54, 1.807) is 0 Å². The topological polar surface area (TPSA) is 80.9 Å². The molecule has 3 aromatic heterocycles. The first kappa shape index (κ1) is 22.0. The molecule has 3 heterocycles. The molecule has 0 unspecified atom stereocenters. The minimum absolute atomic E-state index is 0.0147. The molecule has 0 radical (unpaired) electrons. The molecule has 7 nitrogen and oxygen atoms in total. The van der Waals surface area contributed by atoms with E-state index in [0.717, 1.165) is 18.2 Å². The second-order valence-corrected chi connectivity index (χ2v) is 6.62. The van der Waals surface area contributed by atoms with Gasteiger partial charge in [0.2, 0.25) is 0 Å². The van der Waals surface area contributed by atoms with Gasteiger partial charge in [0.25, 0.3) is 0 Å². The van der Waals surface area contributed by atoms with E-state index >= 15 is 0 Å². The molecule has 33 heavy (non-hydrogen) atoms. The number of nitroso groups, excluding NO2 is 1. The number of nitrogens with one attached hydrogen (secondary N) is 1. The summed E-state index contributed by atoms with van der Waals surface area (Å²) in [4.78, 5) is 19.0. The molecule has 0 spiro atoms. The number of aromatic nitrogens is 3. The third-order valence-corrected chi connectivity index (χ3v) is 4.32. The number of hydrogen-bond acceptors (Lipinski definition) is 6. The Labute approximate surface area is 180 Å². The Morgan fingerprint density at radius 2 is 1.67 bits per heavy atom. The fourth-order valence-corrected chi connectivity index (χ4v) is 3.08. The first-order chi connectivity index (χ1) is 15.5. The van der Waals surface area contributed by atoms with Gasteiger partial charge < -0.3 is 10.1 Å². The van der Waals surface area contributed by atoms with Crippen LogP contribution in [0.4, 0.5) is 43.5 Å². The van der Waals surface area contributed by atoms with Crippen molar-refractivity contribution in [1.29, 1.82) is 0 Å². The highest BCUT2D eigenvalue weighted by atomic mass is 19.4. The first-order valence-corrected chi connectivity index (χ1v) is 9.06. The minimum Gasteiger partial charge on any atom is -0.406 e. The molecular weight excluding hydrogens is 456 g/mol. The molecule has 0 aliphatic rings. The van der Waals surface area contributed by atoms with Gasteiger partial charge in [-0.15, -0.1) is 18.1 Å². The number of benzene rings is 1. The third-order valence-electron chi connectivity index (χ3n) is 4.32. The van der Waals surface area contributed by atoms with E-state index in [1.807, 2.05) is 0 Å². The van der Waals surface area contributed by atoms with Gasteiger partial charge in [0.05, 0.1) is 5.69 Å². The van der Waals surface area contributed by atoms with Gasteiger partial charge in [-0.2, -0.15) is 13.2 Å². The lowest BCUT2D eigenvalue weighted by Crippen LogP contribution is -2.16. The average Bonchev–Trinajstić information content (AvgIpc) is 3.14. The van der Waals surface area contributed by atoms with Gasteiger partial charge in [-0.25, -0.2) is 9.97 Å². The fraction of sp³-hybridized carbons (Fsp3) is 0.100. The number of anilines is 2. The summed E-state index contributed by atoms with van der Waals surface area (Å²) in [5, 5.41) is 5.50. The smallest absolute Gasteiger partial charge is 0.406 e. The summed E-state index contributed by atoms with van der Waals surface area (Å²) in [6, 6.07) is 11.2. The van der Waals surface area contributed by atoms with Crippen molar-refractivity contribution in [2.24, 2.45) is 5.18 Å². The summed E-state index contributed by atoms with van der Waals surface area (Å²) in [5.74, 6) is -0.531. The monoisotopic (exact) mass is 467 g/mol. The van der Waals surface area contributed by atoms with E-state index < -0.39 is 29.7 Å². The van der Waals surface area contributed by atoms with Crippen LogP contribution in [0.3, 0.4) is 0 Å². The van der Waals surface area contributed by atoms with Gasteiger partial charge in [-0.1, -0.05) is 6.07 Å². The Hall–Kier alpha value is -4.16. The molecule has 4 aromatic rings. The van der Waals surface area contributed by atoms with E-state index in [4.69, 9.17) is 0 Å². The predicted octanol–water partition coefficient (Wildman–Crippen LogP) is 6.46. The summed E-state index contributed by atoms with van der Waals surface area (Å²) in [6.45, 7) is 0. The molecule has 0 amide bonds. The summed E-state index contributed by atoms with van der Waals surface area (Å²) in [6.07, 6.45) is -8.31. The molecule has 0 atom stereocenters. The zero-order valence-electron chi connectivity index (χ0n) is 16.1. The lowest BCUT2D eigenvalue weighted by molar-refractivity contribution is -0.274. The molecule has 4 rings (SSSR count). The highest BCUT2D eigenvalue weighted by Crippen LogP contribution is 2.38. The van der Waals surface area contributed by atoms with E-state index in [-0.39, 0.29) is 28.5 Å². The van der Waals surface area contributed by atoms with Crippen molar-refractivity contribution < 1.29 is 31.1 Å². The number of hydrogen-bond donors (Lipinski definition) is 1. The van der Waals surface area contributed by atoms with Crippen LogP contribution in [0.1, 0.15) is 5.69 Å². The number of fused-ring (bicyclic) bond motifs is 1. The van der Waals surface area contributed by atoms with E-state index in [1.165, 1.54) is 47.0 Å². The molecule has 170 valence electrons. The van der Waals surface area contributed by atoms with Crippen LogP contribution in [0.5, 0.6) is 5.75 Å². The first-order valence-electron chi connectivity index (χ1n) is 9.06. The maximum Gasteiger partial charge on any atom is 0.573 e. The second-order valence-electron chi connectivity index (χ2n) is 6.62. The second kappa shape index (κ2) is 8.07. The Kier molecular flexibility index (Phi) is 5.39. The van der Waals surface area contributed by atoms with Crippen molar-refractivity contribution in [3.63, 3.8) is 0 Å². The van der Waals surface area contributed by atoms with E-state index in [9.17, 15) is 31.2 Å². The van der Waals surface area contributed by atoms with Crippen LogP contribution in [0, 0.1) is 4.91 Å². The Bertz CT molecular complexity index is 1320. The molecule has 1 N–H and O–H groups in total. The summed E-state index contributed by atoms with van der Waals surface area (Å²) in [7, 11) is 0. The minimum atomic E-state index is -4.86. The number of nitrogens with zero attached hydrogens (tertiary/aromatic N) is 4. The normalized spacial score (nSPS) is 12.1. The van der Waals surface area contributed by atoms with E-state index in [0.29, 0.717) is 0 Å². The Morgan fingerprint density at radius 1 is 0.939 bits per heavy atom. The zero-order chi connectivity index (χ0) is 23.8. The molecule has 1 aromatic carbocycles. The van der Waals surface area contributed by atoms with Crippen LogP contribution in [0.2, 0.25) is 0 Å². The standard InChI is InChI=1S/C20H11F6N5O2/c21-19(22,23)18-17(31-8-2-1-3-16(31)29-18)14-9-12(30-32)10-15(28-14)27-11-4-6-13(7-5-11)33-20(24,25)26/h1-10H,(H,27,28). The maximum absolute atomic E-state index is 13.7. The van der Waals surface area contributed by atoms with Gasteiger partial charge >= 0.3 is 12.5 Å². The van der Waals surface area contributed by atoms with Crippen molar-refractivity contribution in [2.75, 3.05) is 5.32 Å². The number of ether oxygens (including phenoxy) is 1. The van der Waals surface area contributed by atoms with Crippen molar-refractivity contribution in [3.05, 3.63) is 71.4 Å². The summed E-state index contributed by atoms with van der Waals surface area (Å²) < 4.78 is 82.8. The highest BCUT2D eigenvalue weighted by molar-refractivity contribution is 5.71. The molecule has 0 bridgehead atoms. The van der Waals surface area contributed by atoms with Gasteiger partial charge in [0.1, 0.15) is 28.6 Å². The molecule has 13 heteroatoms. The van der Waals surface area contributed by atoms with Gasteiger partial charge in [-0.3, -0.25) is 4.40 Å². The molecule has 0 aliphatic heterocycles. The third kappa shape index (κ3) is 4.86. The quantitative estimate of drug-likeness (QED) is 0.269. The summed E-state index contributed by atoms with van der Waals surface area (Å²) in [5.41, 5.74) is -1.82. The SMILES string of the molecule is O=Nc1cc(Nc2ccc(OC(F)(F)F)cc2)nc(-c2c(C(F)(F)F)nc3ccccn23)c1. The molecular formula is C20H11F6N5O2. The number of alkyl halides is 6. The average molecular weight is 467 g/mol. The van der Waals surface area contributed by atoms with Gasteiger partial charge in [-0.05, 0) is 47.6 Å². The van der Waals surface area contributed by atoms with Gasteiger partial charge in [0, 0.05) is 18.0 Å². The van der Waals surface area contributed by atoms with Crippen molar-refractivity contribution in [2.45, 2.75) is 12.5 Å². The predicted molar refractivity (Wildman–Crippen MR) is 105 cm³/mol. The molecule has 0 saturated heterocycles. The molecule has 0 fully saturated rings. The number of imidazole rings is 1. The van der Waals surface area contributed by atoms with Crippen molar-refractivity contribution in [3.8, 4) is 17.1 Å². The number of halogens is 6. The Balaban J connectivity index is 1.75. The lowest BCUT2D eigenvalue weighted by atomic mass is 10.2. The van der Waals surface area contributed by atoms with Crippen LogP contribution in [0.25, 0.3) is 17.0 Å². The lowest BCUT2D eigenvalue weighted by Gasteiger charge is -2.12. The van der Waals surface area contributed by atoms with Crippen molar-refractivity contribution in [1.82, 2.24) is 14.4 Å². The largest absolute Gasteiger partial charge is 0.573 e. The molecule has 0 aliphatic carbocycles. The maximum atomic E-state index is 13.7. The van der Waals surface area contributed by atoms with Crippen LogP contribution < -0.4 is 10.1 Å². The zero-order valence-corrected chi connectivity index (χ0v) is 16.1. The number of rotatable bonds is 5. The van der Waals surface area contributed by atoms with E-state index in [2.05, 4.69) is 25.2 Å². The Morgan fingerprint density at radius 3 is 2.30 bits per heavy atom. The van der Waals surface area contributed by atoms with Crippen LogP contribution in [0.15, 0.2) is 66.0 Å².